The van der Waals surface area contributed by atoms with Crippen LogP contribution in [0.4, 0.5) is 0 Å². The van der Waals surface area contributed by atoms with Crippen LogP contribution in [0.15, 0.2) is 52.7 Å². The molecule has 0 spiro atoms. The summed E-state index contributed by atoms with van der Waals surface area (Å²) in [6.45, 7) is 13.0. The second kappa shape index (κ2) is 15.7. The molecule has 1 aromatic heterocycles. The van der Waals surface area contributed by atoms with Crippen LogP contribution in [-0.4, -0.2) is 92.3 Å². The average Bonchev–Trinajstić information content (AvgIpc) is 3.35. The van der Waals surface area contributed by atoms with Crippen molar-refractivity contribution in [3.05, 3.63) is 47.7 Å². The number of aliphatic imine (C=N–C) groups is 2. The van der Waals surface area contributed by atoms with Gasteiger partial charge in [0.2, 0.25) is 5.96 Å². The van der Waals surface area contributed by atoms with Crippen molar-refractivity contribution in [3.63, 3.8) is 0 Å². The van der Waals surface area contributed by atoms with E-state index in [0.717, 1.165) is 42.1 Å². The Morgan fingerprint density at radius 2 is 1.92 bits per heavy atom. The lowest BCUT2D eigenvalue weighted by atomic mass is 10.2. The van der Waals surface area contributed by atoms with Gasteiger partial charge in [-0.2, -0.15) is 0 Å². The number of rotatable bonds is 8. The van der Waals surface area contributed by atoms with Gasteiger partial charge in [-0.15, -0.1) is 11.3 Å². The number of carbonyl (C=O) groups excluding carboxylic acids is 1. The number of thiazole rings is 1. The van der Waals surface area contributed by atoms with Gasteiger partial charge in [-0.25, -0.2) is 4.98 Å². The normalized spacial score (nSPS) is 15.5. The summed E-state index contributed by atoms with van der Waals surface area (Å²) in [7, 11) is 3.38. The molecular formula is C26H41N9OS. The van der Waals surface area contributed by atoms with Crippen LogP contribution < -0.4 is 22.1 Å². The highest BCUT2D eigenvalue weighted by Crippen LogP contribution is 2.26. The van der Waals surface area contributed by atoms with Crippen LogP contribution >= 0.6 is 11.3 Å². The number of para-hydroxylation sites is 1. The van der Waals surface area contributed by atoms with E-state index in [-0.39, 0.29) is 5.91 Å². The van der Waals surface area contributed by atoms with E-state index in [1.807, 2.05) is 36.1 Å². The molecule has 0 saturated carbocycles. The van der Waals surface area contributed by atoms with Crippen LogP contribution in [0.3, 0.4) is 0 Å². The molecule has 202 valence electrons. The highest BCUT2D eigenvalue weighted by atomic mass is 32.1. The number of carbonyl (C=O) groups is 1. The van der Waals surface area contributed by atoms with Gasteiger partial charge in [0.05, 0.1) is 21.5 Å². The van der Waals surface area contributed by atoms with Gasteiger partial charge < -0.3 is 26.6 Å². The molecule has 10 nitrogen and oxygen atoms in total. The summed E-state index contributed by atoms with van der Waals surface area (Å²) in [5.41, 5.74) is 13.2. The largest absolute Gasteiger partial charge is 0.403 e. The van der Waals surface area contributed by atoms with Crippen molar-refractivity contribution in [2.75, 3.05) is 53.4 Å². The Balaban J connectivity index is 0.000000521. The van der Waals surface area contributed by atoms with Crippen LogP contribution in [0.2, 0.25) is 0 Å². The first-order chi connectivity index (χ1) is 17.8. The summed E-state index contributed by atoms with van der Waals surface area (Å²) >= 11 is 1.45. The first-order valence-corrected chi connectivity index (χ1v) is 13.3. The van der Waals surface area contributed by atoms with Crippen LogP contribution in [0.1, 0.15) is 25.3 Å². The zero-order valence-electron chi connectivity index (χ0n) is 22.4. The van der Waals surface area contributed by atoms with E-state index in [2.05, 4.69) is 44.0 Å². The summed E-state index contributed by atoms with van der Waals surface area (Å²) in [5.74, 6) is 0.229. The summed E-state index contributed by atoms with van der Waals surface area (Å²) in [6.07, 6.45) is 4.49. The topological polar surface area (TPSA) is 137 Å². The number of allylic oxidation sites excluding steroid dienone is 1. The minimum absolute atomic E-state index is 0.293. The van der Waals surface area contributed by atoms with Crippen molar-refractivity contribution in [3.8, 4) is 0 Å². The average molecular weight is 528 g/mol. The molecule has 11 heteroatoms. The van der Waals surface area contributed by atoms with E-state index < -0.39 is 0 Å². The molecule has 3 rings (SSSR count). The third-order valence-electron chi connectivity index (χ3n) is 5.53. The maximum Gasteiger partial charge on any atom is 0.260 e. The molecular weight excluding hydrogens is 486 g/mol. The van der Waals surface area contributed by atoms with E-state index >= 15 is 0 Å². The predicted molar refractivity (Wildman–Crippen MR) is 157 cm³/mol. The van der Waals surface area contributed by atoms with Crippen molar-refractivity contribution in [1.82, 2.24) is 25.4 Å². The number of nitrogens with one attached hydrogen (secondary N) is 2. The SMILES string of the molecule is C=C(C(=O)NC(=NC)N1CCN(/C(C=NC)=C/N)CC1)c1nc2ccccc2s1.CCCNCC(C)N. The molecule has 1 saturated heterocycles. The molecule has 0 radical (unpaired) electrons. The molecule has 1 aromatic carbocycles. The molecule has 1 atom stereocenters. The zero-order valence-corrected chi connectivity index (χ0v) is 23.2. The number of nitrogens with zero attached hydrogens (tertiary/aromatic N) is 5. The fourth-order valence-electron chi connectivity index (χ4n) is 3.60. The van der Waals surface area contributed by atoms with Crippen LogP contribution in [-0.2, 0) is 4.79 Å². The Bertz CT molecular complexity index is 1070. The number of amides is 1. The highest BCUT2D eigenvalue weighted by molar-refractivity contribution is 7.19. The molecule has 0 bridgehead atoms. The van der Waals surface area contributed by atoms with Gasteiger partial charge in [-0.05, 0) is 32.0 Å². The van der Waals surface area contributed by atoms with E-state index in [1.54, 1.807) is 26.5 Å². The Kier molecular flexibility index (Phi) is 12.7. The number of hydrogen-bond acceptors (Lipinski definition) is 9. The third kappa shape index (κ3) is 9.27. The second-order valence-corrected chi connectivity index (χ2v) is 9.63. The highest BCUT2D eigenvalue weighted by Gasteiger charge is 2.23. The molecule has 1 amide bonds. The first kappa shape index (κ1) is 29.9. The van der Waals surface area contributed by atoms with Gasteiger partial charge in [0.15, 0.2) is 0 Å². The minimum Gasteiger partial charge on any atom is -0.403 e. The Labute approximate surface area is 224 Å². The Morgan fingerprint density at radius 1 is 1.24 bits per heavy atom. The monoisotopic (exact) mass is 527 g/mol. The van der Waals surface area contributed by atoms with E-state index in [1.165, 1.54) is 17.8 Å². The summed E-state index contributed by atoms with van der Waals surface area (Å²) in [6, 6.07) is 8.07. The molecule has 1 unspecified atom stereocenters. The molecule has 37 heavy (non-hydrogen) atoms. The number of hydrogen-bond donors (Lipinski definition) is 4. The van der Waals surface area contributed by atoms with Crippen LogP contribution in [0.25, 0.3) is 15.8 Å². The van der Waals surface area contributed by atoms with Gasteiger partial charge in [-0.1, -0.05) is 25.6 Å². The number of benzene rings is 1. The van der Waals surface area contributed by atoms with E-state index in [4.69, 9.17) is 11.5 Å². The molecule has 0 aliphatic carbocycles. The smallest absolute Gasteiger partial charge is 0.260 e. The molecule has 1 aliphatic heterocycles. The first-order valence-electron chi connectivity index (χ1n) is 12.5. The van der Waals surface area contributed by atoms with Crippen molar-refractivity contribution in [2.45, 2.75) is 26.3 Å². The van der Waals surface area contributed by atoms with Crippen molar-refractivity contribution in [1.29, 1.82) is 0 Å². The van der Waals surface area contributed by atoms with Gasteiger partial charge in [0.1, 0.15) is 5.01 Å². The van der Waals surface area contributed by atoms with Crippen molar-refractivity contribution >= 4 is 45.2 Å². The van der Waals surface area contributed by atoms with Gasteiger partial charge >= 0.3 is 0 Å². The van der Waals surface area contributed by atoms with Crippen LogP contribution in [0.5, 0.6) is 0 Å². The van der Waals surface area contributed by atoms with Crippen LogP contribution in [0, 0.1) is 0 Å². The lowest BCUT2D eigenvalue weighted by Crippen LogP contribution is -2.53. The van der Waals surface area contributed by atoms with E-state index in [9.17, 15) is 4.79 Å². The lowest BCUT2D eigenvalue weighted by Gasteiger charge is -2.37. The standard InChI is InChI=1S/C20H25N7OS.C6H16N2/c1-14(19-24-16-6-4-5-7-17(16)29-19)18(28)25-20(23-3)27-10-8-26(9-11-27)15(12-21)13-22-2;1-3-4-8-5-6(2)7/h4-7,12-13H,1,8-11,21H2,2-3H3,(H,23,25,28);6,8H,3-5,7H2,1-2H3/b15-12+,22-13?;. The predicted octanol–water partition coefficient (Wildman–Crippen LogP) is 1.86. The Morgan fingerprint density at radius 3 is 2.49 bits per heavy atom. The van der Waals surface area contributed by atoms with Gasteiger partial charge in [-0.3, -0.25) is 20.1 Å². The van der Waals surface area contributed by atoms with Crippen molar-refractivity contribution in [2.24, 2.45) is 21.5 Å². The molecule has 2 aromatic rings. The fraction of sp³-hybridized carbons (Fsp3) is 0.462. The summed E-state index contributed by atoms with van der Waals surface area (Å²) in [4.78, 5) is 29.7. The number of piperazine rings is 1. The van der Waals surface area contributed by atoms with Gasteiger partial charge in [0.25, 0.3) is 5.91 Å². The third-order valence-corrected chi connectivity index (χ3v) is 6.63. The summed E-state index contributed by atoms with van der Waals surface area (Å²) < 4.78 is 1.02. The van der Waals surface area contributed by atoms with E-state index in [0.29, 0.717) is 35.7 Å². The number of nitrogens with two attached hydrogens (primary N) is 2. The maximum atomic E-state index is 12.7. The summed E-state index contributed by atoms with van der Waals surface area (Å²) in [5, 5.41) is 6.70. The number of guanidine groups is 1. The quantitative estimate of drug-likeness (QED) is 0.178. The number of fused-ring (bicyclic) bond motifs is 1. The number of aromatic nitrogens is 1. The zero-order chi connectivity index (χ0) is 27.2. The molecule has 1 aliphatic rings. The lowest BCUT2D eigenvalue weighted by molar-refractivity contribution is -0.114. The second-order valence-electron chi connectivity index (χ2n) is 8.60. The van der Waals surface area contributed by atoms with Crippen molar-refractivity contribution < 1.29 is 4.79 Å². The molecule has 6 N–H and O–H groups in total. The minimum atomic E-state index is -0.298. The Hall–Kier alpha value is -3.28. The fourth-order valence-corrected chi connectivity index (χ4v) is 4.53. The maximum absolute atomic E-state index is 12.7. The molecule has 2 heterocycles. The molecule has 1 fully saturated rings. The van der Waals surface area contributed by atoms with Gasteiger partial charge in [0, 0.05) is 65.3 Å².